The maximum atomic E-state index is 4.92. The second-order valence-corrected chi connectivity index (χ2v) is 7.21. The smallest absolute Gasteiger partial charge is 0.180 e. The van der Waals surface area contributed by atoms with Gasteiger partial charge in [-0.25, -0.2) is 15.0 Å². The van der Waals surface area contributed by atoms with Gasteiger partial charge in [-0.05, 0) is 43.3 Å². The normalized spacial score (nSPS) is 14.4. The van der Waals surface area contributed by atoms with Gasteiger partial charge in [0.25, 0.3) is 0 Å². The number of aromatic nitrogens is 4. The van der Waals surface area contributed by atoms with Crippen LogP contribution in [0.15, 0.2) is 66.9 Å². The highest BCUT2D eigenvalue weighted by atomic mass is 15.3. The lowest BCUT2D eigenvalue weighted by atomic mass is 10.2. The number of fused-ring (bicyclic) bond motifs is 1. The number of hydrogen-bond donors (Lipinski definition) is 0. The number of nitrogens with zero attached hydrogens (tertiary/aromatic N) is 6. The van der Waals surface area contributed by atoms with E-state index in [1.807, 2.05) is 49.4 Å². The molecule has 4 aromatic rings. The van der Waals surface area contributed by atoms with Crippen molar-refractivity contribution in [2.75, 3.05) is 36.0 Å². The lowest BCUT2D eigenvalue weighted by Crippen LogP contribution is -2.47. The number of pyridine rings is 2. The van der Waals surface area contributed by atoms with Gasteiger partial charge in [-0.1, -0.05) is 24.3 Å². The van der Waals surface area contributed by atoms with Crippen LogP contribution in [0.25, 0.3) is 22.4 Å². The first-order valence-electron chi connectivity index (χ1n) is 9.90. The Morgan fingerprint density at radius 2 is 1.52 bits per heavy atom. The van der Waals surface area contributed by atoms with E-state index < -0.39 is 0 Å². The molecule has 0 amide bonds. The van der Waals surface area contributed by atoms with Crippen molar-refractivity contribution in [2.45, 2.75) is 6.92 Å². The molecule has 1 saturated heterocycles. The molecule has 0 radical (unpaired) electrons. The van der Waals surface area contributed by atoms with Crippen LogP contribution in [-0.4, -0.2) is 46.1 Å². The van der Waals surface area contributed by atoms with Crippen LogP contribution in [0.4, 0.5) is 11.6 Å². The molecule has 4 heterocycles. The molecule has 0 unspecified atom stereocenters. The Labute approximate surface area is 169 Å². The molecular formula is C23H22N6. The molecule has 3 aromatic heterocycles. The van der Waals surface area contributed by atoms with Crippen molar-refractivity contribution in [3.05, 3.63) is 72.6 Å². The second kappa shape index (κ2) is 7.47. The van der Waals surface area contributed by atoms with Crippen molar-refractivity contribution in [3.8, 4) is 11.5 Å². The van der Waals surface area contributed by atoms with Crippen LogP contribution in [0.5, 0.6) is 0 Å². The van der Waals surface area contributed by atoms with E-state index in [1.165, 1.54) is 0 Å². The van der Waals surface area contributed by atoms with Crippen LogP contribution in [-0.2, 0) is 0 Å². The zero-order valence-electron chi connectivity index (χ0n) is 16.4. The van der Waals surface area contributed by atoms with Gasteiger partial charge in [0, 0.05) is 43.5 Å². The van der Waals surface area contributed by atoms with Crippen molar-refractivity contribution in [1.29, 1.82) is 0 Å². The summed E-state index contributed by atoms with van der Waals surface area (Å²) in [4.78, 5) is 23.5. The van der Waals surface area contributed by atoms with Gasteiger partial charge in [-0.2, -0.15) is 0 Å². The number of aryl methyl sites for hydroxylation is 1. The van der Waals surface area contributed by atoms with Gasteiger partial charge in [0.05, 0.1) is 5.52 Å². The molecule has 29 heavy (non-hydrogen) atoms. The highest BCUT2D eigenvalue weighted by Gasteiger charge is 2.22. The topological polar surface area (TPSA) is 58.0 Å². The van der Waals surface area contributed by atoms with Gasteiger partial charge in [0.15, 0.2) is 5.82 Å². The van der Waals surface area contributed by atoms with Crippen LogP contribution in [0.1, 0.15) is 5.69 Å². The van der Waals surface area contributed by atoms with Crippen LogP contribution >= 0.6 is 0 Å². The van der Waals surface area contributed by atoms with Gasteiger partial charge < -0.3 is 9.80 Å². The SMILES string of the molecule is Cc1cccc(N2CCN(c3nc(-c4ccccn4)nc4ccccc34)CC2)n1. The number of rotatable bonds is 3. The Hall–Kier alpha value is -3.54. The van der Waals surface area contributed by atoms with E-state index in [4.69, 9.17) is 9.97 Å². The van der Waals surface area contributed by atoms with E-state index in [0.29, 0.717) is 5.82 Å². The van der Waals surface area contributed by atoms with E-state index in [-0.39, 0.29) is 0 Å². The molecule has 1 aliphatic rings. The van der Waals surface area contributed by atoms with Gasteiger partial charge in [0.1, 0.15) is 17.3 Å². The Bertz CT molecular complexity index is 1140. The Morgan fingerprint density at radius 3 is 2.31 bits per heavy atom. The average Bonchev–Trinajstić information content (AvgIpc) is 2.79. The number of para-hydroxylation sites is 1. The summed E-state index contributed by atoms with van der Waals surface area (Å²) in [6.07, 6.45) is 1.78. The molecule has 0 N–H and O–H groups in total. The van der Waals surface area contributed by atoms with Crippen molar-refractivity contribution in [3.63, 3.8) is 0 Å². The number of anilines is 2. The predicted molar refractivity (Wildman–Crippen MR) is 116 cm³/mol. The lowest BCUT2D eigenvalue weighted by Gasteiger charge is -2.36. The summed E-state index contributed by atoms with van der Waals surface area (Å²) in [6.45, 7) is 5.63. The molecule has 1 fully saturated rings. The molecule has 5 rings (SSSR count). The standard InChI is InChI=1S/C23H22N6/c1-17-7-6-11-21(25-17)28-13-15-29(16-14-28)23-18-8-2-3-9-19(18)26-22(27-23)20-10-4-5-12-24-20/h2-12H,13-16H2,1H3. The zero-order valence-corrected chi connectivity index (χ0v) is 16.4. The molecule has 0 bridgehead atoms. The quantitative estimate of drug-likeness (QED) is 0.538. The first kappa shape index (κ1) is 17.6. The minimum absolute atomic E-state index is 0.669. The molecule has 0 saturated carbocycles. The molecule has 0 aliphatic carbocycles. The molecule has 144 valence electrons. The third-order valence-electron chi connectivity index (χ3n) is 5.25. The van der Waals surface area contributed by atoms with Crippen molar-refractivity contribution < 1.29 is 0 Å². The molecule has 0 atom stereocenters. The molecule has 6 nitrogen and oxygen atoms in total. The van der Waals surface area contributed by atoms with Crippen molar-refractivity contribution in [1.82, 2.24) is 19.9 Å². The average molecular weight is 382 g/mol. The largest absolute Gasteiger partial charge is 0.353 e. The molecular weight excluding hydrogens is 360 g/mol. The highest BCUT2D eigenvalue weighted by molar-refractivity contribution is 5.91. The van der Waals surface area contributed by atoms with E-state index in [9.17, 15) is 0 Å². The summed E-state index contributed by atoms with van der Waals surface area (Å²) in [7, 11) is 0. The van der Waals surface area contributed by atoms with E-state index in [2.05, 4.69) is 38.0 Å². The van der Waals surface area contributed by atoms with E-state index >= 15 is 0 Å². The van der Waals surface area contributed by atoms with Crippen LogP contribution in [0.2, 0.25) is 0 Å². The summed E-state index contributed by atoms with van der Waals surface area (Å²) in [5.41, 5.74) is 2.79. The maximum Gasteiger partial charge on any atom is 0.180 e. The van der Waals surface area contributed by atoms with Crippen molar-refractivity contribution >= 4 is 22.5 Å². The fourth-order valence-corrected chi connectivity index (χ4v) is 3.76. The van der Waals surface area contributed by atoms with Gasteiger partial charge in [0.2, 0.25) is 0 Å². The second-order valence-electron chi connectivity index (χ2n) is 7.21. The summed E-state index contributed by atoms with van der Waals surface area (Å²) < 4.78 is 0. The predicted octanol–water partition coefficient (Wildman–Crippen LogP) is 3.72. The van der Waals surface area contributed by atoms with E-state index in [0.717, 1.165) is 60.1 Å². The fourth-order valence-electron chi connectivity index (χ4n) is 3.76. The number of hydrogen-bond acceptors (Lipinski definition) is 6. The Kier molecular flexibility index (Phi) is 4.52. The van der Waals surface area contributed by atoms with Crippen LogP contribution in [0.3, 0.4) is 0 Å². The Balaban J connectivity index is 1.47. The molecule has 1 aromatic carbocycles. The van der Waals surface area contributed by atoms with Crippen LogP contribution in [0, 0.1) is 6.92 Å². The summed E-state index contributed by atoms with van der Waals surface area (Å²) in [5, 5.41) is 1.08. The first-order valence-corrected chi connectivity index (χ1v) is 9.90. The maximum absolute atomic E-state index is 4.92. The third kappa shape index (κ3) is 3.49. The summed E-state index contributed by atoms with van der Waals surface area (Å²) >= 11 is 0. The highest BCUT2D eigenvalue weighted by Crippen LogP contribution is 2.28. The number of piperazine rings is 1. The minimum Gasteiger partial charge on any atom is -0.353 e. The van der Waals surface area contributed by atoms with Gasteiger partial charge in [-0.15, -0.1) is 0 Å². The first-order chi connectivity index (χ1) is 14.3. The van der Waals surface area contributed by atoms with Gasteiger partial charge >= 0.3 is 0 Å². The monoisotopic (exact) mass is 382 g/mol. The summed E-state index contributed by atoms with van der Waals surface area (Å²) in [5.74, 6) is 2.70. The summed E-state index contributed by atoms with van der Waals surface area (Å²) in [6, 6.07) is 20.2. The molecule has 0 spiro atoms. The lowest BCUT2D eigenvalue weighted by molar-refractivity contribution is 0.642. The third-order valence-corrected chi connectivity index (χ3v) is 5.25. The molecule has 1 aliphatic heterocycles. The Morgan fingerprint density at radius 1 is 0.724 bits per heavy atom. The fraction of sp³-hybridized carbons (Fsp3) is 0.217. The minimum atomic E-state index is 0.669. The van der Waals surface area contributed by atoms with Crippen LogP contribution < -0.4 is 9.80 Å². The molecule has 6 heteroatoms. The van der Waals surface area contributed by atoms with Gasteiger partial charge in [-0.3, -0.25) is 4.98 Å². The zero-order chi connectivity index (χ0) is 19.6. The van der Waals surface area contributed by atoms with Crippen molar-refractivity contribution in [2.24, 2.45) is 0 Å². The number of benzene rings is 1. The van der Waals surface area contributed by atoms with E-state index in [1.54, 1.807) is 6.20 Å².